The first-order valence-corrected chi connectivity index (χ1v) is 14.6. The highest BCUT2D eigenvalue weighted by Crippen LogP contribution is 2.21. The molecular weight excluding hydrogens is 638 g/mol. The van der Waals surface area contributed by atoms with E-state index in [1.54, 1.807) is 13.0 Å². The quantitative estimate of drug-likeness (QED) is 0.0980. The number of nitrogens with one attached hydrogen (secondary N) is 5. The van der Waals surface area contributed by atoms with Crippen molar-refractivity contribution in [2.75, 3.05) is 5.32 Å². The third-order valence-electron chi connectivity index (χ3n) is 6.83. The number of amides is 5. The Labute approximate surface area is 272 Å². The fourth-order valence-electron chi connectivity index (χ4n) is 4.50. The van der Waals surface area contributed by atoms with Crippen molar-refractivity contribution in [2.24, 2.45) is 5.92 Å². The highest BCUT2D eigenvalue weighted by atomic mass is 16.4. The van der Waals surface area contributed by atoms with Crippen LogP contribution in [-0.4, -0.2) is 86.9 Å². The summed E-state index contributed by atoms with van der Waals surface area (Å²) in [5, 5.41) is 39.7. The Morgan fingerprint density at radius 1 is 0.729 bits per heavy atom. The largest absolute Gasteiger partial charge is 0.481 e. The average molecular weight is 676 g/mol. The number of hydrogen-bond donors (Lipinski definition) is 8. The van der Waals surface area contributed by atoms with Crippen molar-refractivity contribution in [3.8, 4) is 0 Å². The lowest BCUT2D eigenvalue weighted by Crippen LogP contribution is -2.59. The fraction of sp³-hybridized carbons (Fsp3) is 0.433. The van der Waals surface area contributed by atoms with Gasteiger partial charge in [0.25, 0.3) is 0 Å². The Balaban J connectivity index is 2.27. The van der Waals surface area contributed by atoms with E-state index in [9.17, 15) is 48.3 Å². The summed E-state index contributed by atoms with van der Waals surface area (Å²) < 4.78 is 5.16. The van der Waals surface area contributed by atoms with Crippen LogP contribution in [0.15, 0.2) is 33.5 Å². The summed E-state index contributed by atoms with van der Waals surface area (Å²) in [6.45, 7) is 5.73. The first kappa shape index (κ1) is 38.4. The molecular formula is C30H37N5O13. The van der Waals surface area contributed by atoms with Crippen LogP contribution in [0.25, 0.3) is 11.0 Å². The second-order valence-electron chi connectivity index (χ2n) is 11.2. The van der Waals surface area contributed by atoms with E-state index in [1.165, 1.54) is 32.0 Å². The molecule has 5 amide bonds. The standard InChI is InChI=1S/C30H37N5O13/c1-13(2)26(35-27(44)18(7-8-22(37)38)33-29(46)19(11-23(39)40)31-15(4)36)30(47)34-20(12-24(41)42)28(45)32-16-5-6-17-14(3)9-25(43)48-21(17)10-16/h5-6,9-10,13,18-20,26H,7-8,11-12H2,1-4H3,(H,31,36)(H,32,45)(H,33,46)(H,34,47)(H,35,44)(H,37,38)(H,39,40)(H,41,42). The first-order chi connectivity index (χ1) is 22.4. The maximum atomic E-state index is 13.3. The molecule has 1 heterocycles. The number of hydrogen-bond acceptors (Lipinski definition) is 10. The number of carbonyl (C=O) groups is 8. The molecule has 1 aromatic carbocycles. The van der Waals surface area contributed by atoms with Crippen molar-refractivity contribution in [1.29, 1.82) is 0 Å². The average Bonchev–Trinajstić information content (AvgIpc) is 2.95. The predicted molar refractivity (Wildman–Crippen MR) is 165 cm³/mol. The molecule has 0 radical (unpaired) electrons. The second kappa shape index (κ2) is 17.2. The molecule has 1 aromatic heterocycles. The topological polar surface area (TPSA) is 288 Å². The monoisotopic (exact) mass is 675 g/mol. The molecule has 48 heavy (non-hydrogen) atoms. The lowest BCUT2D eigenvalue weighted by Gasteiger charge is -2.27. The molecule has 0 aliphatic carbocycles. The van der Waals surface area contributed by atoms with Gasteiger partial charge in [-0.2, -0.15) is 0 Å². The minimum absolute atomic E-state index is 0.122. The summed E-state index contributed by atoms with van der Waals surface area (Å²) in [4.78, 5) is 110. The van der Waals surface area contributed by atoms with Gasteiger partial charge in [-0.25, -0.2) is 4.79 Å². The number of aryl methyl sites for hydroxylation is 1. The zero-order valence-corrected chi connectivity index (χ0v) is 26.4. The number of aliphatic carboxylic acids is 3. The van der Waals surface area contributed by atoms with Gasteiger partial charge in [-0.3, -0.25) is 38.4 Å². The molecule has 4 unspecified atom stereocenters. The van der Waals surface area contributed by atoms with Crippen LogP contribution in [0.2, 0.25) is 0 Å². The Bertz CT molecular complexity index is 1640. The third-order valence-corrected chi connectivity index (χ3v) is 6.83. The van der Waals surface area contributed by atoms with E-state index in [2.05, 4.69) is 26.6 Å². The Kier molecular flexibility index (Phi) is 13.8. The number of rotatable bonds is 17. The normalized spacial score (nSPS) is 13.4. The Morgan fingerprint density at radius 3 is 1.83 bits per heavy atom. The van der Waals surface area contributed by atoms with E-state index in [1.807, 2.05) is 0 Å². The minimum atomic E-state index is -1.66. The summed E-state index contributed by atoms with van der Waals surface area (Å²) in [6, 6.07) is -0.645. The van der Waals surface area contributed by atoms with Crippen LogP contribution in [0.5, 0.6) is 0 Å². The highest BCUT2D eigenvalue weighted by Gasteiger charge is 2.34. The fourth-order valence-corrected chi connectivity index (χ4v) is 4.50. The second-order valence-corrected chi connectivity index (χ2v) is 11.2. The molecule has 18 nitrogen and oxygen atoms in total. The molecule has 2 rings (SSSR count). The summed E-state index contributed by atoms with van der Waals surface area (Å²) in [5.74, 6) is -9.79. The van der Waals surface area contributed by atoms with Crippen LogP contribution in [0, 0.1) is 12.8 Å². The molecule has 260 valence electrons. The van der Waals surface area contributed by atoms with Gasteiger partial charge in [0.05, 0.1) is 12.8 Å². The molecule has 18 heteroatoms. The van der Waals surface area contributed by atoms with Crippen molar-refractivity contribution in [3.05, 3.63) is 40.2 Å². The maximum Gasteiger partial charge on any atom is 0.336 e. The van der Waals surface area contributed by atoms with Crippen LogP contribution < -0.4 is 32.2 Å². The third kappa shape index (κ3) is 11.8. The number of carbonyl (C=O) groups excluding carboxylic acids is 5. The number of carboxylic acid groups (broad SMARTS) is 3. The molecule has 0 fully saturated rings. The smallest absolute Gasteiger partial charge is 0.336 e. The van der Waals surface area contributed by atoms with E-state index < -0.39 is 109 Å². The molecule has 2 aromatic rings. The maximum absolute atomic E-state index is 13.3. The van der Waals surface area contributed by atoms with Crippen molar-refractivity contribution in [3.63, 3.8) is 0 Å². The summed E-state index contributed by atoms with van der Waals surface area (Å²) in [6.07, 6.45) is -2.84. The number of carboxylic acids is 3. The Hall–Kier alpha value is -5.81. The molecule has 4 atom stereocenters. The zero-order chi connectivity index (χ0) is 36.3. The van der Waals surface area contributed by atoms with Crippen LogP contribution in [-0.2, 0) is 38.4 Å². The van der Waals surface area contributed by atoms with Crippen LogP contribution >= 0.6 is 0 Å². The van der Waals surface area contributed by atoms with Gasteiger partial charge in [-0.1, -0.05) is 13.8 Å². The number of fused-ring (bicyclic) bond motifs is 1. The number of anilines is 1. The Morgan fingerprint density at radius 2 is 1.29 bits per heavy atom. The van der Waals surface area contributed by atoms with Gasteiger partial charge in [0, 0.05) is 36.6 Å². The summed E-state index contributed by atoms with van der Waals surface area (Å²) in [5.41, 5.74) is 0.264. The molecule has 0 saturated heterocycles. The zero-order valence-electron chi connectivity index (χ0n) is 26.4. The number of benzene rings is 1. The van der Waals surface area contributed by atoms with Crippen molar-refractivity contribution >= 4 is 64.1 Å². The lowest BCUT2D eigenvalue weighted by molar-refractivity contribution is -0.142. The van der Waals surface area contributed by atoms with E-state index >= 15 is 0 Å². The molecule has 0 spiro atoms. The van der Waals surface area contributed by atoms with Crippen LogP contribution in [0.4, 0.5) is 5.69 Å². The van der Waals surface area contributed by atoms with Gasteiger partial charge in [0.15, 0.2) is 0 Å². The van der Waals surface area contributed by atoms with E-state index in [0.29, 0.717) is 10.9 Å². The lowest BCUT2D eigenvalue weighted by atomic mass is 10.0. The van der Waals surface area contributed by atoms with Gasteiger partial charge in [-0.05, 0) is 37.0 Å². The molecule has 8 N–H and O–H groups in total. The van der Waals surface area contributed by atoms with Gasteiger partial charge in [0.2, 0.25) is 29.5 Å². The SMILES string of the molecule is CC(=O)NC(CC(=O)O)C(=O)NC(CCC(=O)O)C(=O)NC(C(=O)NC(CC(=O)O)C(=O)Nc1ccc2c(C)cc(=O)oc2c1)C(C)C. The van der Waals surface area contributed by atoms with Gasteiger partial charge >= 0.3 is 23.5 Å². The van der Waals surface area contributed by atoms with Crippen molar-refractivity contribution in [2.45, 2.75) is 77.5 Å². The van der Waals surface area contributed by atoms with Gasteiger partial charge < -0.3 is 46.3 Å². The van der Waals surface area contributed by atoms with E-state index in [4.69, 9.17) is 14.6 Å². The summed E-state index contributed by atoms with van der Waals surface area (Å²) >= 11 is 0. The molecule has 0 aliphatic rings. The molecule has 0 aliphatic heterocycles. The molecule has 0 saturated carbocycles. The van der Waals surface area contributed by atoms with Gasteiger partial charge in [0.1, 0.15) is 29.8 Å². The highest BCUT2D eigenvalue weighted by molar-refractivity contribution is 6.01. The van der Waals surface area contributed by atoms with E-state index in [0.717, 1.165) is 6.92 Å². The van der Waals surface area contributed by atoms with Crippen molar-refractivity contribution < 1.29 is 58.1 Å². The summed E-state index contributed by atoms with van der Waals surface area (Å²) in [7, 11) is 0. The van der Waals surface area contributed by atoms with E-state index in [-0.39, 0.29) is 11.3 Å². The van der Waals surface area contributed by atoms with Crippen LogP contribution in [0.1, 0.15) is 52.0 Å². The first-order valence-electron chi connectivity index (χ1n) is 14.6. The van der Waals surface area contributed by atoms with Crippen molar-refractivity contribution in [1.82, 2.24) is 21.3 Å². The van der Waals surface area contributed by atoms with Crippen LogP contribution in [0.3, 0.4) is 0 Å². The minimum Gasteiger partial charge on any atom is -0.481 e. The molecule has 0 bridgehead atoms. The van der Waals surface area contributed by atoms with Gasteiger partial charge in [-0.15, -0.1) is 0 Å². The predicted octanol–water partition coefficient (Wildman–Crippen LogP) is -0.531.